The Morgan fingerprint density at radius 3 is 2.59 bits per heavy atom. The Labute approximate surface area is 93.4 Å². The monoisotopic (exact) mass is 244 g/mol. The van der Waals surface area contributed by atoms with Gasteiger partial charge in [0.25, 0.3) is 0 Å². The number of rotatable bonds is 2. The van der Waals surface area contributed by atoms with E-state index in [1.54, 1.807) is 0 Å². The molecule has 0 radical (unpaired) electrons. The van der Waals surface area contributed by atoms with Crippen LogP contribution in [0.25, 0.3) is 0 Å². The van der Waals surface area contributed by atoms with E-state index in [1.165, 1.54) is 12.1 Å². The summed E-state index contributed by atoms with van der Waals surface area (Å²) in [6.45, 7) is 0. The molecule has 0 atom stereocenters. The Morgan fingerprint density at radius 2 is 2.00 bits per heavy atom. The topological polar surface area (TPSA) is 77.0 Å². The van der Waals surface area contributed by atoms with Gasteiger partial charge >= 0.3 is 18.2 Å². The first kappa shape index (κ1) is 11.2. The number of nitrogens with two attached hydrogens (primary N) is 1. The first-order valence-corrected chi connectivity index (χ1v) is 4.48. The molecule has 0 spiro atoms. The number of alkyl halides is 3. The van der Waals surface area contributed by atoms with Crippen LogP contribution in [0.2, 0.25) is 0 Å². The van der Waals surface area contributed by atoms with Crippen molar-refractivity contribution in [2.24, 2.45) is 0 Å². The standard InChI is InChI=1S/C9H7F3N4O/c10-9(11,12)5-2-1-3-6(4-5)14-8-16-15-7(13)17-8/h1-4H,(H2,13,15)(H,14,16). The lowest BCUT2D eigenvalue weighted by molar-refractivity contribution is -0.137. The van der Waals surface area contributed by atoms with Gasteiger partial charge in [0.05, 0.1) is 5.56 Å². The molecular weight excluding hydrogens is 237 g/mol. The summed E-state index contributed by atoms with van der Waals surface area (Å²) in [4.78, 5) is 0. The second-order valence-electron chi connectivity index (χ2n) is 3.15. The highest BCUT2D eigenvalue weighted by atomic mass is 19.4. The fourth-order valence-corrected chi connectivity index (χ4v) is 1.18. The Morgan fingerprint density at radius 1 is 1.24 bits per heavy atom. The van der Waals surface area contributed by atoms with Crippen molar-refractivity contribution in [3.8, 4) is 0 Å². The molecule has 1 aromatic carbocycles. The van der Waals surface area contributed by atoms with E-state index >= 15 is 0 Å². The van der Waals surface area contributed by atoms with Crippen LogP contribution < -0.4 is 11.1 Å². The van der Waals surface area contributed by atoms with Crippen molar-refractivity contribution in [2.45, 2.75) is 6.18 Å². The van der Waals surface area contributed by atoms with E-state index in [2.05, 4.69) is 15.5 Å². The van der Waals surface area contributed by atoms with Gasteiger partial charge in [0.2, 0.25) is 0 Å². The van der Waals surface area contributed by atoms with Gasteiger partial charge < -0.3 is 15.5 Å². The van der Waals surface area contributed by atoms with Crippen LogP contribution in [0, 0.1) is 0 Å². The average Bonchev–Trinajstić information content (AvgIpc) is 2.63. The van der Waals surface area contributed by atoms with Crippen molar-refractivity contribution in [3.05, 3.63) is 29.8 Å². The number of anilines is 3. The van der Waals surface area contributed by atoms with E-state index in [0.717, 1.165) is 12.1 Å². The molecule has 1 heterocycles. The first-order valence-electron chi connectivity index (χ1n) is 4.48. The molecule has 0 saturated heterocycles. The third-order valence-corrected chi connectivity index (χ3v) is 1.88. The highest BCUT2D eigenvalue weighted by molar-refractivity contribution is 5.53. The van der Waals surface area contributed by atoms with Crippen LogP contribution in [-0.4, -0.2) is 10.2 Å². The number of nitrogens with zero attached hydrogens (tertiary/aromatic N) is 2. The molecule has 0 aliphatic rings. The van der Waals surface area contributed by atoms with E-state index in [0.29, 0.717) is 0 Å². The van der Waals surface area contributed by atoms with Gasteiger partial charge in [0.15, 0.2) is 0 Å². The van der Waals surface area contributed by atoms with Gasteiger partial charge in [-0.15, -0.1) is 0 Å². The lowest BCUT2D eigenvalue weighted by Gasteiger charge is -2.08. The van der Waals surface area contributed by atoms with Crippen LogP contribution in [0.1, 0.15) is 5.56 Å². The maximum Gasteiger partial charge on any atom is 0.416 e. The molecule has 0 bridgehead atoms. The maximum atomic E-state index is 12.4. The van der Waals surface area contributed by atoms with Crippen molar-refractivity contribution >= 4 is 17.7 Å². The summed E-state index contributed by atoms with van der Waals surface area (Å²) in [5.41, 5.74) is 4.59. The molecule has 0 aliphatic heterocycles. The predicted octanol–water partition coefficient (Wildman–Crippen LogP) is 2.41. The van der Waals surface area contributed by atoms with E-state index in [9.17, 15) is 13.2 Å². The Hall–Kier alpha value is -2.25. The quantitative estimate of drug-likeness (QED) is 0.848. The third-order valence-electron chi connectivity index (χ3n) is 1.88. The zero-order valence-electron chi connectivity index (χ0n) is 8.32. The van der Waals surface area contributed by atoms with E-state index in [4.69, 9.17) is 10.2 Å². The number of benzene rings is 1. The normalized spacial score (nSPS) is 11.5. The lowest BCUT2D eigenvalue weighted by atomic mass is 10.2. The van der Waals surface area contributed by atoms with E-state index in [-0.39, 0.29) is 17.7 Å². The van der Waals surface area contributed by atoms with Gasteiger partial charge in [-0.05, 0) is 18.2 Å². The fraction of sp³-hybridized carbons (Fsp3) is 0.111. The fourth-order valence-electron chi connectivity index (χ4n) is 1.18. The molecule has 5 nitrogen and oxygen atoms in total. The van der Waals surface area contributed by atoms with Crippen molar-refractivity contribution in [3.63, 3.8) is 0 Å². The summed E-state index contributed by atoms with van der Waals surface area (Å²) in [5.74, 6) is 0. The number of nitrogens with one attached hydrogen (secondary N) is 1. The number of hydrogen-bond acceptors (Lipinski definition) is 5. The van der Waals surface area contributed by atoms with Crippen LogP contribution in [-0.2, 0) is 6.18 Å². The summed E-state index contributed by atoms with van der Waals surface area (Å²) in [6.07, 6.45) is -4.40. The minimum Gasteiger partial charge on any atom is -0.389 e. The molecule has 3 N–H and O–H groups in total. The first-order chi connectivity index (χ1) is 7.95. The van der Waals surface area contributed by atoms with Crippen LogP contribution in [0.3, 0.4) is 0 Å². The van der Waals surface area contributed by atoms with E-state index in [1.807, 2.05) is 0 Å². The molecule has 8 heteroatoms. The van der Waals surface area contributed by atoms with E-state index < -0.39 is 11.7 Å². The van der Waals surface area contributed by atoms with Gasteiger partial charge in [-0.2, -0.15) is 13.2 Å². The largest absolute Gasteiger partial charge is 0.416 e. The minimum atomic E-state index is -4.40. The third kappa shape index (κ3) is 2.65. The number of hydrogen-bond donors (Lipinski definition) is 2. The molecule has 2 aromatic rings. The maximum absolute atomic E-state index is 12.4. The zero-order valence-corrected chi connectivity index (χ0v) is 8.32. The molecule has 2 rings (SSSR count). The van der Waals surface area contributed by atoms with Crippen molar-refractivity contribution in [2.75, 3.05) is 11.1 Å². The Kier molecular flexibility index (Phi) is 2.62. The highest BCUT2D eigenvalue weighted by Gasteiger charge is 2.30. The molecule has 0 fully saturated rings. The van der Waals surface area contributed by atoms with Gasteiger partial charge in [0, 0.05) is 5.69 Å². The van der Waals surface area contributed by atoms with Crippen LogP contribution in [0.15, 0.2) is 28.7 Å². The second kappa shape index (κ2) is 3.96. The molecule has 0 amide bonds. The summed E-state index contributed by atoms with van der Waals surface area (Å²) in [7, 11) is 0. The molecule has 17 heavy (non-hydrogen) atoms. The van der Waals surface area contributed by atoms with Gasteiger partial charge in [0.1, 0.15) is 0 Å². The molecule has 90 valence electrons. The predicted molar refractivity (Wildman–Crippen MR) is 53.4 cm³/mol. The number of aromatic nitrogens is 2. The second-order valence-corrected chi connectivity index (χ2v) is 3.15. The minimum absolute atomic E-state index is 0.0678. The lowest BCUT2D eigenvalue weighted by Crippen LogP contribution is -2.05. The molecular formula is C9H7F3N4O. The van der Waals surface area contributed by atoms with Crippen LogP contribution in [0.4, 0.5) is 30.9 Å². The summed E-state index contributed by atoms with van der Waals surface area (Å²) < 4.78 is 42.0. The summed E-state index contributed by atoms with van der Waals surface area (Å²) in [5, 5.41) is 9.35. The smallest absolute Gasteiger partial charge is 0.389 e. The van der Waals surface area contributed by atoms with Gasteiger partial charge in [-0.1, -0.05) is 16.3 Å². The van der Waals surface area contributed by atoms with Gasteiger partial charge in [-0.3, -0.25) is 0 Å². The van der Waals surface area contributed by atoms with Crippen molar-refractivity contribution in [1.82, 2.24) is 10.2 Å². The molecule has 0 saturated carbocycles. The SMILES string of the molecule is Nc1nnc(Nc2cccc(C(F)(F)F)c2)o1. The van der Waals surface area contributed by atoms with Crippen molar-refractivity contribution in [1.29, 1.82) is 0 Å². The Bertz CT molecular complexity index is 523. The van der Waals surface area contributed by atoms with Crippen LogP contribution in [0.5, 0.6) is 0 Å². The average molecular weight is 244 g/mol. The summed E-state index contributed by atoms with van der Waals surface area (Å²) >= 11 is 0. The highest BCUT2D eigenvalue weighted by Crippen LogP contribution is 2.31. The van der Waals surface area contributed by atoms with Crippen molar-refractivity contribution < 1.29 is 17.6 Å². The molecule has 0 unspecified atom stereocenters. The molecule has 1 aromatic heterocycles. The number of nitrogen functional groups attached to an aromatic ring is 1. The number of halogens is 3. The molecule has 0 aliphatic carbocycles. The Balaban J connectivity index is 2.22. The zero-order chi connectivity index (χ0) is 12.5. The summed E-state index contributed by atoms with van der Waals surface area (Å²) in [6, 6.07) is 4.37. The van der Waals surface area contributed by atoms with Crippen LogP contribution >= 0.6 is 0 Å². The van der Waals surface area contributed by atoms with Gasteiger partial charge in [-0.25, -0.2) is 0 Å².